The molecule has 0 spiro atoms. The normalized spacial score (nSPS) is 11.1. The summed E-state index contributed by atoms with van der Waals surface area (Å²) in [5.74, 6) is 0.574. The summed E-state index contributed by atoms with van der Waals surface area (Å²) in [6, 6.07) is 6.45. The van der Waals surface area contributed by atoms with E-state index in [2.05, 4.69) is 40.4 Å². The van der Waals surface area contributed by atoms with Crippen LogP contribution in [0.4, 0.5) is 0 Å². The third-order valence-electron chi connectivity index (χ3n) is 1.98. The van der Waals surface area contributed by atoms with Crippen LogP contribution in [-0.4, -0.2) is 6.26 Å². The maximum Gasteiger partial charge on any atom is 0.0608 e. The van der Waals surface area contributed by atoms with Crippen molar-refractivity contribution in [1.82, 2.24) is 0 Å². The summed E-state index contributed by atoms with van der Waals surface area (Å²) in [5.41, 5.74) is 1.21. The van der Waals surface area contributed by atoms with E-state index in [0.29, 0.717) is 5.88 Å². The van der Waals surface area contributed by atoms with E-state index in [9.17, 15) is 0 Å². The van der Waals surface area contributed by atoms with Gasteiger partial charge < -0.3 is 0 Å². The van der Waals surface area contributed by atoms with Crippen LogP contribution < -0.4 is 0 Å². The van der Waals surface area contributed by atoms with E-state index >= 15 is 0 Å². The van der Waals surface area contributed by atoms with Crippen LogP contribution in [0.15, 0.2) is 26.9 Å². The second-order valence-electron chi connectivity index (χ2n) is 2.89. The Balaban J connectivity index is 2.71. The first-order chi connectivity index (χ1) is 6.74. The molecule has 4 heteroatoms. The fraction of sp³-hybridized carbons (Fsp3) is 0.200. The summed E-state index contributed by atoms with van der Waals surface area (Å²) in [7, 11) is 0. The van der Waals surface area contributed by atoms with Crippen LogP contribution in [0.1, 0.15) is 5.56 Å². The zero-order valence-corrected chi connectivity index (χ0v) is 11.5. The summed E-state index contributed by atoms with van der Waals surface area (Å²) >= 11 is 13.0. The van der Waals surface area contributed by atoms with Gasteiger partial charge in [0.25, 0.3) is 0 Å². The molecule has 1 aromatic carbocycles. The summed E-state index contributed by atoms with van der Waals surface area (Å²) < 4.78 is 3.75. The second-order valence-corrected chi connectivity index (χ2v) is 6.23. The Morgan fingerprint density at radius 1 is 1.43 bits per heavy atom. The van der Waals surface area contributed by atoms with Crippen molar-refractivity contribution >= 4 is 60.7 Å². The number of thiophene rings is 1. The van der Waals surface area contributed by atoms with Gasteiger partial charge >= 0.3 is 0 Å². The van der Waals surface area contributed by atoms with Crippen LogP contribution in [0.25, 0.3) is 10.1 Å². The topological polar surface area (TPSA) is 0 Å². The number of rotatable bonds is 2. The molecule has 0 aliphatic heterocycles. The van der Waals surface area contributed by atoms with E-state index in [1.54, 1.807) is 11.8 Å². The molecule has 0 bridgehead atoms. The van der Waals surface area contributed by atoms with E-state index in [1.165, 1.54) is 19.9 Å². The summed E-state index contributed by atoms with van der Waals surface area (Å²) in [6.45, 7) is 0. The van der Waals surface area contributed by atoms with Crippen LogP contribution in [0.2, 0.25) is 0 Å². The molecule has 1 aromatic heterocycles. The molecule has 1 heterocycles. The summed E-state index contributed by atoms with van der Waals surface area (Å²) in [6.07, 6.45) is 2.10. The molecular formula is C10H8BrClS2. The predicted molar refractivity (Wildman–Crippen MR) is 70.9 cm³/mol. The van der Waals surface area contributed by atoms with Crippen molar-refractivity contribution in [3.05, 3.63) is 28.2 Å². The zero-order valence-electron chi connectivity index (χ0n) is 7.51. The van der Waals surface area contributed by atoms with Crippen LogP contribution in [0.3, 0.4) is 0 Å². The Hall–Kier alpha value is 0.300. The second kappa shape index (κ2) is 4.44. The summed E-state index contributed by atoms with van der Waals surface area (Å²) in [4.78, 5) is 0. The van der Waals surface area contributed by atoms with Crippen LogP contribution in [0, 0.1) is 0 Å². The van der Waals surface area contributed by atoms with Crippen LogP contribution in [-0.2, 0) is 5.88 Å². The van der Waals surface area contributed by atoms with Crippen molar-refractivity contribution in [3.63, 3.8) is 0 Å². The first-order valence-corrected chi connectivity index (χ1v) is 7.43. The van der Waals surface area contributed by atoms with E-state index in [-0.39, 0.29) is 0 Å². The number of fused-ring (bicyclic) bond motifs is 1. The van der Waals surface area contributed by atoms with Gasteiger partial charge in [0, 0.05) is 15.1 Å². The number of benzene rings is 1. The zero-order chi connectivity index (χ0) is 10.1. The molecule has 0 radical (unpaired) electrons. The molecule has 0 aliphatic carbocycles. The maximum absolute atomic E-state index is 5.91. The molecule has 2 aromatic rings. The first kappa shape index (κ1) is 10.8. The lowest BCUT2D eigenvalue weighted by atomic mass is 10.2. The minimum Gasteiger partial charge on any atom is -0.129 e. The highest BCUT2D eigenvalue weighted by Gasteiger charge is 2.06. The van der Waals surface area contributed by atoms with Crippen molar-refractivity contribution < 1.29 is 0 Å². The average Bonchev–Trinajstić information content (AvgIpc) is 2.59. The molecule has 0 unspecified atom stereocenters. The van der Waals surface area contributed by atoms with Crippen molar-refractivity contribution in [2.45, 2.75) is 10.1 Å². The molecule has 0 fully saturated rings. The minimum atomic E-state index is 0.574. The number of thioether (sulfide) groups is 1. The SMILES string of the molecule is CSc1cc2cc(Br)cc(CCl)c2s1. The lowest BCUT2D eigenvalue weighted by Crippen LogP contribution is -1.77. The highest BCUT2D eigenvalue weighted by Crippen LogP contribution is 2.36. The van der Waals surface area contributed by atoms with Crippen molar-refractivity contribution in [2.24, 2.45) is 0 Å². The molecule has 74 valence electrons. The predicted octanol–water partition coefficient (Wildman–Crippen LogP) is 5.12. The van der Waals surface area contributed by atoms with Gasteiger partial charge in [-0.15, -0.1) is 34.7 Å². The van der Waals surface area contributed by atoms with Gasteiger partial charge in [0.1, 0.15) is 0 Å². The Kier molecular flexibility index (Phi) is 3.42. The third kappa shape index (κ3) is 1.96. The molecule has 0 aliphatic rings. The van der Waals surface area contributed by atoms with Crippen molar-refractivity contribution in [2.75, 3.05) is 6.26 Å². The number of halogens is 2. The largest absolute Gasteiger partial charge is 0.129 e. The van der Waals surface area contributed by atoms with Crippen molar-refractivity contribution in [3.8, 4) is 0 Å². The Morgan fingerprint density at radius 2 is 2.21 bits per heavy atom. The van der Waals surface area contributed by atoms with Gasteiger partial charge in [0.05, 0.1) is 4.21 Å². The Labute approximate surface area is 105 Å². The van der Waals surface area contributed by atoms with E-state index in [4.69, 9.17) is 11.6 Å². The van der Waals surface area contributed by atoms with Crippen LogP contribution in [0.5, 0.6) is 0 Å². The smallest absolute Gasteiger partial charge is 0.0608 e. The number of hydrogen-bond donors (Lipinski definition) is 0. The van der Waals surface area contributed by atoms with Gasteiger partial charge in [0.2, 0.25) is 0 Å². The fourth-order valence-electron chi connectivity index (χ4n) is 1.36. The maximum atomic E-state index is 5.91. The Morgan fingerprint density at radius 3 is 2.86 bits per heavy atom. The van der Waals surface area contributed by atoms with E-state index in [1.807, 2.05) is 11.3 Å². The van der Waals surface area contributed by atoms with Gasteiger partial charge in [-0.3, -0.25) is 0 Å². The summed E-state index contributed by atoms with van der Waals surface area (Å²) in [5, 5.41) is 1.28. The molecule has 14 heavy (non-hydrogen) atoms. The van der Waals surface area contributed by atoms with E-state index in [0.717, 1.165) is 4.47 Å². The molecular weight excluding hydrogens is 300 g/mol. The highest BCUT2D eigenvalue weighted by molar-refractivity contribution is 9.10. The lowest BCUT2D eigenvalue weighted by molar-refractivity contribution is 1.46. The molecule has 2 rings (SSSR count). The van der Waals surface area contributed by atoms with Gasteiger partial charge in [-0.25, -0.2) is 0 Å². The number of hydrogen-bond acceptors (Lipinski definition) is 2. The van der Waals surface area contributed by atoms with E-state index < -0.39 is 0 Å². The van der Waals surface area contributed by atoms with Gasteiger partial charge in [-0.1, -0.05) is 15.9 Å². The molecule has 0 amide bonds. The van der Waals surface area contributed by atoms with Gasteiger partial charge in [0.15, 0.2) is 0 Å². The Bertz CT molecular complexity index is 464. The lowest BCUT2D eigenvalue weighted by Gasteiger charge is -1.98. The standard InChI is InChI=1S/C10H8BrClS2/c1-13-9-4-6-2-8(11)3-7(5-12)10(6)14-9/h2-4H,5H2,1H3. The number of alkyl halides is 1. The molecule has 0 saturated heterocycles. The quantitative estimate of drug-likeness (QED) is 0.548. The fourth-order valence-corrected chi connectivity index (χ4v) is 3.89. The first-order valence-electron chi connectivity index (χ1n) is 4.06. The minimum absolute atomic E-state index is 0.574. The third-order valence-corrected chi connectivity index (χ3v) is 5.02. The monoisotopic (exact) mass is 306 g/mol. The average molecular weight is 308 g/mol. The molecule has 0 saturated carbocycles. The van der Waals surface area contributed by atoms with Crippen molar-refractivity contribution in [1.29, 1.82) is 0 Å². The molecule has 0 atom stereocenters. The highest BCUT2D eigenvalue weighted by atomic mass is 79.9. The van der Waals surface area contributed by atoms with Gasteiger partial charge in [-0.2, -0.15) is 0 Å². The van der Waals surface area contributed by atoms with Crippen LogP contribution >= 0.6 is 50.6 Å². The molecule has 0 nitrogen and oxygen atoms in total. The van der Waals surface area contributed by atoms with Gasteiger partial charge in [-0.05, 0) is 35.4 Å². The molecule has 0 N–H and O–H groups in total.